The third kappa shape index (κ3) is 2.07. The first-order valence-corrected chi connectivity index (χ1v) is 6.65. The SMILES string of the molecule is CC12CCCCN1CCN(c1ncc(F)cn1)C2. The van der Waals surface area contributed by atoms with E-state index in [1.807, 2.05) is 0 Å². The van der Waals surface area contributed by atoms with Crippen molar-refractivity contribution in [2.24, 2.45) is 0 Å². The molecule has 0 amide bonds. The van der Waals surface area contributed by atoms with Crippen LogP contribution in [0.25, 0.3) is 0 Å². The second-order valence-electron chi connectivity index (χ2n) is 5.56. The van der Waals surface area contributed by atoms with Gasteiger partial charge < -0.3 is 4.90 Å². The molecule has 2 fully saturated rings. The average Bonchev–Trinajstić information content (AvgIpc) is 2.38. The van der Waals surface area contributed by atoms with Gasteiger partial charge >= 0.3 is 0 Å². The molecule has 3 rings (SSSR count). The van der Waals surface area contributed by atoms with Gasteiger partial charge in [0.2, 0.25) is 5.95 Å². The zero-order valence-corrected chi connectivity index (χ0v) is 10.8. The Bertz CT molecular complexity index is 422. The van der Waals surface area contributed by atoms with Crippen LogP contribution in [0.1, 0.15) is 26.2 Å². The first-order valence-electron chi connectivity index (χ1n) is 6.65. The molecule has 5 heteroatoms. The Morgan fingerprint density at radius 2 is 1.94 bits per heavy atom. The van der Waals surface area contributed by atoms with Crippen LogP contribution in [0.15, 0.2) is 12.4 Å². The zero-order valence-electron chi connectivity index (χ0n) is 10.8. The van der Waals surface area contributed by atoms with Crippen LogP contribution in [0.3, 0.4) is 0 Å². The highest BCUT2D eigenvalue weighted by molar-refractivity contribution is 5.31. The van der Waals surface area contributed by atoms with Crippen LogP contribution < -0.4 is 4.90 Å². The van der Waals surface area contributed by atoms with Crippen molar-refractivity contribution in [3.63, 3.8) is 0 Å². The largest absolute Gasteiger partial charge is 0.338 e. The number of hydrogen-bond acceptors (Lipinski definition) is 4. The van der Waals surface area contributed by atoms with Gasteiger partial charge in [-0.1, -0.05) is 6.42 Å². The van der Waals surface area contributed by atoms with Crippen LogP contribution in [-0.2, 0) is 0 Å². The van der Waals surface area contributed by atoms with Gasteiger partial charge in [-0.15, -0.1) is 0 Å². The number of fused-ring (bicyclic) bond motifs is 1. The topological polar surface area (TPSA) is 32.3 Å². The number of anilines is 1. The predicted octanol–water partition coefficient (Wildman–Crippen LogP) is 1.68. The first-order chi connectivity index (χ1) is 8.67. The standard InChI is InChI=1S/C13H19FN4/c1-13-4-2-3-5-18(13)7-6-17(10-13)12-15-8-11(14)9-16-12/h8-9H,2-7,10H2,1H3. The number of rotatable bonds is 1. The van der Waals surface area contributed by atoms with Crippen molar-refractivity contribution in [2.45, 2.75) is 31.7 Å². The van der Waals surface area contributed by atoms with Gasteiger partial charge in [0.1, 0.15) is 0 Å². The molecule has 0 aromatic carbocycles. The van der Waals surface area contributed by atoms with E-state index in [1.165, 1.54) is 38.2 Å². The Morgan fingerprint density at radius 3 is 2.72 bits per heavy atom. The van der Waals surface area contributed by atoms with Crippen molar-refractivity contribution in [3.05, 3.63) is 18.2 Å². The monoisotopic (exact) mass is 250 g/mol. The van der Waals surface area contributed by atoms with Crippen LogP contribution in [0.4, 0.5) is 10.3 Å². The van der Waals surface area contributed by atoms with Crippen molar-refractivity contribution < 1.29 is 4.39 Å². The fourth-order valence-electron chi connectivity index (χ4n) is 3.17. The number of halogens is 1. The van der Waals surface area contributed by atoms with Gasteiger partial charge in [0.25, 0.3) is 0 Å². The minimum atomic E-state index is -0.374. The lowest BCUT2D eigenvalue weighted by atomic mass is 9.86. The molecule has 0 spiro atoms. The number of hydrogen-bond donors (Lipinski definition) is 0. The van der Waals surface area contributed by atoms with E-state index >= 15 is 0 Å². The molecule has 1 unspecified atom stereocenters. The Labute approximate surface area is 107 Å². The molecule has 0 bridgehead atoms. The molecule has 1 aromatic rings. The van der Waals surface area contributed by atoms with Gasteiger partial charge in [0.05, 0.1) is 12.4 Å². The van der Waals surface area contributed by atoms with Gasteiger partial charge in [-0.05, 0) is 26.3 Å². The fraction of sp³-hybridized carbons (Fsp3) is 0.692. The zero-order chi connectivity index (χ0) is 12.6. The molecule has 1 atom stereocenters. The van der Waals surface area contributed by atoms with E-state index in [4.69, 9.17) is 0 Å². The van der Waals surface area contributed by atoms with E-state index in [1.54, 1.807) is 0 Å². The molecule has 3 heterocycles. The van der Waals surface area contributed by atoms with Crippen molar-refractivity contribution >= 4 is 5.95 Å². The van der Waals surface area contributed by atoms with E-state index in [0.29, 0.717) is 5.95 Å². The first kappa shape index (κ1) is 11.8. The second-order valence-corrected chi connectivity index (χ2v) is 5.56. The van der Waals surface area contributed by atoms with Crippen molar-refractivity contribution in [1.82, 2.24) is 14.9 Å². The maximum atomic E-state index is 12.8. The highest BCUT2D eigenvalue weighted by atomic mass is 19.1. The molecule has 0 radical (unpaired) electrons. The van der Waals surface area contributed by atoms with Crippen LogP contribution in [0.2, 0.25) is 0 Å². The highest BCUT2D eigenvalue weighted by Gasteiger charge is 2.39. The lowest BCUT2D eigenvalue weighted by Gasteiger charge is -2.51. The fourth-order valence-corrected chi connectivity index (χ4v) is 3.17. The van der Waals surface area contributed by atoms with E-state index in [9.17, 15) is 4.39 Å². The molecule has 0 aliphatic carbocycles. The van der Waals surface area contributed by atoms with Gasteiger partial charge in [-0.2, -0.15) is 0 Å². The number of aromatic nitrogens is 2. The third-order valence-electron chi connectivity index (χ3n) is 4.22. The van der Waals surface area contributed by atoms with E-state index in [2.05, 4.69) is 26.7 Å². The molecular formula is C13H19FN4. The summed E-state index contributed by atoms with van der Waals surface area (Å²) in [5.41, 5.74) is 0.230. The minimum absolute atomic E-state index is 0.230. The summed E-state index contributed by atoms with van der Waals surface area (Å²) in [6, 6.07) is 0. The molecule has 2 saturated heterocycles. The number of nitrogens with zero attached hydrogens (tertiary/aromatic N) is 4. The molecule has 2 aliphatic heterocycles. The smallest absolute Gasteiger partial charge is 0.225 e. The van der Waals surface area contributed by atoms with Crippen LogP contribution in [0, 0.1) is 5.82 Å². The van der Waals surface area contributed by atoms with Crippen LogP contribution in [-0.4, -0.2) is 46.6 Å². The minimum Gasteiger partial charge on any atom is -0.338 e. The van der Waals surface area contributed by atoms with E-state index < -0.39 is 0 Å². The van der Waals surface area contributed by atoms with Crippen LogP contribution in [0.5, 0.6) is 0 Å². The van der Waals surface area contributed by atoms with E-state index in [-0.39, 0.29) is 11.4 Å². The van der Waals surface area contributed by atoms with E-state index in [0.717, 1.165) is 19.6 Å². The van der Waals surface area contributed by atoms with Gasteiger partial charge in [0.15, 0.2) is 5.82 Å². The summed E-state index contributed by atoms with van der Waals surface area (Å²) in [7, 11) is 0. The van der Waals surface area contributed by atoms with Crippen LogP contribution >= 0.6 is 0 Å². The molecule has 0 saturated carbocycles. The second kappa shape index (κ2) is 4.46. The van der Waals surface area contributed by atoms with Crippen molar-refractivity contribution in [1.29, 1.82) is 0 Å². The predicted molar refractivity (Wildman–Crippen MR) is 68.0 cm³/mol. The summed E-state index contributed by atoms with van der Waals surface area (Å²) in [6.07, 6.45) is 6.33. The van der Waals surface area contributed by atoms with Gasteiger partial charge in [0, 0.05) is 25.2 Å². The van der Waals surface area contributed by atoms with Crippen molar-refractivity contribution in [3.8, 4) is 0 Å². The third-order valence-corrected chi connectivity index (χ3v) is 4.22. The van der Waals surface area contributed by atoms with Gasteiger partial charge in [-0.25, -0.2) is 14.4 Å². The lowest BCUT2D eigenvalue weighted by molar-refractivity contribution is 0.0498. The Hall–Kier alpha value is -1.23. The maximum absolute atomic E-state index is 12.8. The molecular weight excluding hydrogens is 231 g/mol. The molecule has 0 N–H and O–H groups in total. The van der Waals surface area contributed by atoms with Gasteiger partial charge in [-0.3, -0.25) is 4.90 Å². The lowest BCUT2D eigenvalue weighted by Crippen LogP contribution is -2.62. The molecule has 18 heavy (non-hydrogen) atoms. The molecule has 98 valence electrons. The summed E-state index contributed by atoms with van der Waals surface area (Å²) in [4.78, 5) is 12.9. The maximum Gasteiger partial charge on any atom is 0.225 e. The summed E-state index contributed by atoms with van der Waals surface area (Å²) in [5.74, 6) is 0.282. The summed E-state index contributed by atoms with van der Waals surface area (Å²) in [6.45, 7) is 6.45. The Kier molecular flexibility index (Phi) is 2.93. The highest BCUT2D eigenvalue weighted by Crippen LogP contribution is 2.32. The summed E-state index contributed by atoms with van der Waals surface area (Å²) in [5, 5.41) is 0. The molecule has 1 aromatic heterocycles. The quantitative estimate of drug-likeness (QED) is 0.759. The summed E-state index contributed by atoms with van der Waals surface area (Å²) < 4.78 is 12.8. The number of piperidine rings is 1. The molecule has 2 aliphatic rings. The van der Waals surface area contributed by atoms with Crippen molar-refractivity contribution in [2.75, 3.05) is 31.1 Å². The Morgan fingerprint density at radius 1 is 1.17 bits per heavy atom. The summed E-state index contributed by atoms with van der Waals surface area (Å²) >= 11 is 0. The average molecular weight is 250 g/mol. The Balaban J connectivity index is 1.78. The number of piperazine rings is 1. The molecule has 4 nitrogen and oxygen atoms in total. The normalized spacial score (nSPS) is 29.1.